The summed E-state index contributed by atoms with van der Waals surface area (Å²) in [6.45, 7) is -0.234. The molecular weight excluding hydrogens is 291 g/mol. The molecule has 1 aromatic carbocycles. The van der Waals surface area contributed by atoms with E-state index in [2.05, 4.69) is 4.74 Å². The number of hydrogen-bond acceptors (Lipinski definition) is 3. The molecule has 0 spiro atoms. The van der Waals surface area contributed by atoms with E-state index < -0.39 is 30.0 Å². The van der Waals surface area contributed by atoms with Gasteiger partial charge in [-0.15, -0.1) is 13.2 Å². The summed E-state index contributed by atoms with van der Waals surface area (Å²) in [5.74, 6) is -2.01. The number of likely N-dealkylation sites (tertiary alicyclic amines) is 1. The number of carbonyl (C=O) groups excluding carboxylic acids is 1. The predicted octanol–water partition coefficient (Wildman–Crippen LogP) is 2.16. The SMILES string of the molecule is O=C(O)[C@H]1CCC(=O)N1Cc1ccccc1OC(F)(F)F. The molecule has 0 saturated carbocycles. The molecule has 21 heavy (non-hydrogen) atoms. The molecule has 0 aromatic heterocycles. The van der Waals surface area contributed by atoms with Gasteiger partial charge in [0.15, 0.2) is 0 Å². The normalized spacial score (nSPS) is 18.9. The minimum atomic E-state index is -4.85. The Morgan fingerprint density at radius 1 is 1.38 bits per heavy atom. The number of halogens is 3. The van der Waals surface area contributed by atoms with Crippen molar-refractivity contribution in [3.05, 3.63) is 29.8 Å². The fourth-order valence-electron chi connectivity index (χ4n) is 2.23. The molecule has 8 heteroatoms. The van der Waals surface area contributed by atoms with E-state index in [1.54, 1.807) is 0 Å². The third kappa shape index (κ3) is 3.65. The number of para-hydroxylation sites is 1. The van der Waals surface area contributed by atoms with Crippen molar-refractivity contribution in [2.75, 3.05) is 0 Å². The van der Waals surface area contributed by atoms with Gasteiger partial charge in [-0.2, -0.15) is 0 Å². The lowest BCUT2D eigenvalue weighted by Crippen LogP contribution is -2.38. The summed E-state index contributed by atoms with van der Waals surface area (Å²) in [6, 6.07) is 4.33. The Labute approximate surface area is 117 Å². The number of carbonyl (C=O) groups is 2. The van der Waals surface area contributed by atoms with Crippen molar-refractivity contribution in [2.24, 2.45) is 0 Å². The molecule has 0 radical (unpaired) electrons. The highest BCUT2D eigenvalue weighted by Crippen LogP contribution is 2.29. The van der Waals surface area contributed by atoms with E-state index in [1.807, 2.05) is 0 Å². The lowest BCUT2D eigenvalue weighted by atomic mass is 10.1. The summed E-state index contributed by atoms with van der Waals surface area (Å²) in [4.78, 5) is 23.8. The Bertz CT molecular complexity index is 559. The van der Waals surface area contributed by atoms with E-state index >= 15 is 0 Å². The molecule has 0 bridgehead atoms. The summed E-state index contributed by atoms with van der Waals surface area (Å²) >= 11 is 0. The van der Waals surface area contributed by atoms with Crippen LogP contribution < -0.4 is 4.74 Å². The molecule has 0 unspecified atom stereocenters. The Kier molecular flexibility index (Phi) is 4.06. The van der Waals surface area contributed by atoms with Crippen LogP contribution in [0.5, 0.6) is 5.75 Å². The molecule has 5 nitrogen and oxygen atoms in total. The van der Waals surface area contributed by atoms with Crippen LogP contribution in [0, 0.1) is 0 Å². The fraction of sp³-hybridized carbons (Fsp3) is 0.385. The number of rotatable bonds is 4. The number of hydrogen-bond donors (Lipinski definition) is 1. The molecule has 1 fully saturated rings. The van der Waals surface area contributed by atoms with Crippen LogP contribution in [0.4, 0.5) is 13.2 Å². The standard InChI is InChI=1S/C13H12F3NO4/c14-13(15,16)21-10-4-2-1-3-8(10)7-17-9(12(19)20)5-6-11(17)18/h1-4,9H,5-7H2,(H,19,20)/t9-/m1/s1. The monoisotopic (exact) mass is 303 g/mol. The summed E-state index contributed by atoms with van der Waals surface area (Å²) in [6.07, 6.45) is -4.63. The average molecular weight is 303 g/mol. The van der Waals surface area contributed by atoms with E-state index in [9.17, 15) is 22.8 Å². The third-order valence-electron chi connectivity index (χ3n) is 3.15. The minimum absolute atomic E-state index is 0.0687. The van der Waals surface area contributed by atoms with Gasteiger partial charge in [-0.25, -0.2) is 4.79 Å². The zero-order valence-electron chi connectivity index (χ0n) is 10.8. The van der Waals surface area contributed by atoms with Crippen LogP contribution in [0.15, 0.2) is 24.3 Å². The molecule has 0 aliphatic carbocycles. The maximum atomic E-state index is 12.3. The number of amides is 1. The summed E-state index contributed by atoms with van der Waals surface area (Å²) in [5.41, 5.74) is 0.108. The molecule has 1 atom stereocenters. The van der Waals surface area contributed by atoms with Crippen LogP contribution in [0.3, 0.4) is 0 Å². The maximum absolute atomic E-state index is 12.3. The Morgan fingerprint density at radius 2 is 2.05 bits per heavy atom. The lowest BCUT2D eigenvalue weighted by Gasteiger charge is -2.23. The van der Waals surface area contributed by atoms with Crippen molar-refractivity contribution in [1.82, 2.24) is 4.90 Å². The molecule has 1 heterocycles. The number of nitrogens with zero attached hydrogens (tertiary/aromatic N) is 1. The van der Waals surface area contributed by atoms with Crippen molar-refractivity contribution < 1.29 is 32.6 Å². The lowest BCUT2D eigenvalue weighted by molar-refractivity contribution is -0.275. The average Bonchev–Trinajstić information content (AvgIpc) is 2.72. The van der Waals surface area contributed by atoms with Gasteiger partial charge in [-0.1, -0.05) is 18.2 Å². The van der Waals surface area contributed by atoms with Gasteiger partial charge >= 0.3 is 12.3 Å². The molecule has 1 saturated heterocycles. The number of alkyl halides is 3. The van der Waals surface area contributed by atoms with Crippen LogP contribution in [0.1, 0.15) is 18.4 Å². The highest BCUT2D eigenvalue weighted by atomic mass is 19.4. The van der Waals surface area contributed by atoms with E-state index in [0.29, 0.717) is 0 Å². The van der Waals surface area contributed by atoms with Gasteiger partial charge in [0.25, 0.3) is 0 Å². The van der Waals surface area contributed by atoms with Crippen molar-refractivity contribution >= 4 is 11.9 Å². The van der Waals surface area contributed by atoms with Crippen molar-refractivity contribution in [2.45, 2.75) is 31.8 Å². The van der Waals surface area contributed by atoms with Gasteiger partial charge in [-0.3, -0.25) is 4.79 Å². The third-order valence-corrected chi connectivity index (χ3v) is 3.15. The summed E-state index contributed by atoms with van der Waals surface area (Å²) in [7, 11) is 0. The molecule has 2 rings (SSSR count). The first-order valence-corrected chi connectivity index (χ1v) is 6.14. The van der Waals surface area contributed by atoms with Gasteiger partial charge in [0.2, 0.25) is 5.91 Å². The Balaban J connectivity index is 2.23. The molecule has 114 valence electrons. The molecule has 1 aromatic rings. The van der Waals surface area contributed by atoms with Crippen molar-refractivity contribution in [3.63, 3.8) is 0 Å². The fourth-order valence-corrected chi connectivity index (χ4v) is 2.23. The van der Waals surface area contributed by atoms with Gasteiger partial charge in [0.1, 0.15) is 11.8 Å². The first kappa shape index (κ1) is 15.1. The van der Waals surface area contributed by atoms with Gasteiger partial charge < -0.3 is 14.7 Å². The highest BCUT2D eigenvalue weighted by molar-refractivity contribution is 5.87. The second-order valence-corrected chi connectivity index (χ2v) is 4.57. The smallest absolute Gasteiger partial charge is 0.480 e. The second-order valence-electron chi connectivity index (χ2n) is 4.57. The van der Waals surface area contributed by atoms with Crippen LogP contribution in [0.2, 0.25) is 0 Å². The number of carboxylic acid groups (broad SMARTS) is 1. The molecule has 1 N–H and O–H groups in total. The number of carboxylic acids is 1. The summed E-state index contributed by atoms with van der Waals surface area (Å²) < 4.78 is 40.8. The van der Waals surface area contributed by atoms with Crippen LogP contribution in [-0.4, -0.2) is 34.3 Å². The van der Waals surface area contributed by atoms with Crippen LogP contribution >= 0.6 is 0 Å². The zero-order valence-corrected chi connectivity index (χ0v) is 10.8. The molecule has 1 amide bonds. The first-order valence-electron chi connectivity index (χ1n) is 6.14. The Morgan fingerprint density at radius 3 is 2.67 bits per heavy atom. The largest absolute Gasteiger partial charge is 0.573 e. The van der Waals surface area contributed by atoms with Crippen LogP contribution in [0.25, 0.3) is 0 Å². The zero-order chi connectivity index (χ0) is 15.6. The van der Waals surface area contributed by atoms with Gasteiger partial charge in [0.05, 0.1) is 6.54 Å². The number of benzene rings is 1. The minimum Gasteiger partial charge on any atom is -0.480 e. The summed E-state index contributed by atoms with van der Waals surface area (Å²) in [5, 5.41) is 9.03. The number of ether oxygens (including phenoxy) is 1. The topological polar surface area (TPSA) is 66.8 Å². The van der Waals surface area contributed by atoms with Crippen molar-refractivity contribution in [1.29, 1.82) is 0 Å². The van der Waals surface area contributed by atoms with E-state index in [0.717, 1.165) is 11.0 Å². The first-order chi connectivity index (χ1) is 9.78. The highest BCUT2D eigenvalue weighted by Gasteiger charge is 2.37. The molecule has 1 aliphatic heterocycles. The molecular formula is C13H12F3NO4. The predicted molar refractivity (Wildman–Crippen MR) is 64.3 cm³/mol. The van der Waals surface area contributed by atoms with E-state index in [1.165, 1.54) is 18.2 Å². The quantitative estimate of drug-likeness (QED) is 0.925. The number of aliphatic carboxylic acids is 1. The maximum Gasteiger partial charge on any atom is 0.573 e. The Hall–Kier alpha value is -2.25. The van der Waals surface area contributed by atoms with Crippen molar-refractivity contribution in [3.8, 4) is 5.75 Å². The van der Waals surface area contributed by atoms with Gasteiger partial charge in [0, 0.05) is 12.0 Å². The van der Waals surface area contributed by atoms with E-state index in [4.69, 9.17) is 5.11 Å². The van der Waals surface area contributed by atoms with Crippen LogP contribution in [-0.2, 0) is 16.1 Å². The second kappa shape index (κ2) is 5.63. The molecule has 1 aliphatic rings. The van der Waals surface area contributed by atoms with E-state index in [-0.39, 0.29) is 24.9 Å². The van der Waals surface area contributed by atoms with Gasteiger partial charge in [-0.05, 0) is 12.5 Å².